The minimum absolute atomic E-state index is 0.0188. The molecule has 0 saturated heterocycles. The van der Waals surface area contributed by atoms with E-state index in [2.05, 4.69) is 0 Å². The standard InChI is InChI=1S/C20H32F2O5/c1-13(2)12-20(21,22)18(25)10-9-15-14(16(23)11-17(15)24)7-5-3-4-6-8-19(26)27/h13-15,17,24H,3-12H2,1-2H3,(H,26,27)/t14-,15-,17-/m1/s1. The van der Waals surface area contributed by atoms with Gasteiger partial charge in [0.15, 0.2) is 0 Å². The fourth-order valence-corrected chi connectivity index (χ4v) is 3.89. The third-order valence-electron chi connectivity index (χ3n) is 5.27. The second kappa shape index (κ2) is 10.8. The van der Waals surface area contributed by atoms with E-state index >= 15 is 0 Å². The van der Waals surface area contributed by atoms with E-state index in [1.54, 1.807) is 13.8 Å². The van der Waals surface area contributed by atoms with Crippen LogP contribution in [0.15, 0.2) is 0 Å². The van der Waals surface area contributed by atoms with Gasteiger partial charge in [-0.25, -0.2) is 0 Å². The molecular formula is C20H32F2O5. The van der Waals surface area contributed by atoms with Crippen LogP contribution in [-0.2, 0) is 14.4 Å². The van der Waals surface area contributed by atoms with E-state index in [9.17, 15) is 28.3 Å². The fourth-order valence-electron chi connectivity index (χ4n) is 3.89. The van der Waals surface area contributed by atoms with Crippen molar-refractivity contribution in [1.29, 1.82) is 0 Å². The zero-order valence-electron chi connectivity index (χ0n) is 16.3. The number of carboxylic acid groups (broad SMARTS) is 1. The average molecular weight is 390 g/mol. The molecule has 1 aliphatic rings. The number of carbonyl (C=O) groups excluding carboxylic acids is 2. The van der Waals surface area contributed by atoms with Gasteiger partial charge in [0.05, 0.1) is 6.10 Å². The Bertz CT molecular complexity index is 519. The molecule has 0 spiro atoms. The first-order valence-corrected chi connectivity index (χ1v) is 9.88. The van der Waals surface area contributed by atoms with E-state index in [4.69, 9.17) is 5.11 Å². The summed E-state index contributed by atoms with van der Waals surface area (Å²) in [5, 5.41) is 18.7. The zero-order chi connectivity index (χ0) is 20.6. The number of halogens is 2. The second-order valence-corrected chi connectivity index (χ2v) is 8.12. The number of aliphatic hydroxyl groups excluding tert-OH is 1. The summed E-state index contributed by atoms with van der Waals surface area (Å²) in [5.41, 5.74) is 0. The number of ketones is 2. The van der Waals surface area contributed by atoms with Crippen LogP contribution in [0, 0.1) is 17.8 Å². The number of rotatable bonds is 13. The molecule has 2 N–H and O–H groups in total. The van der Waals surface area contributed by atoms with Gasteiger partial charge in [-0.05, 0) is 31.1 Å². The highest BCUT2D eigenvalue weighted by molar-refractivity contribution is 5.86. The number of Topliss-reactive ketones (excluding diaryl/α,β-unsaturated/α-hetero) is 2. The summed E-state index contributed by atoms with van der Waals surface area (Å²) in [7, 11) is 0. The Kier molecular flexibility index (Phi) is 9.50. The molecule has 0 amide bonds. The van der Waals surface area contributed by atoms with Crippen LogP contribution in [-0.4, -0.2) is 39.8 Å². The van der Waals surface area contributed by atoms with Crippen molar-refractivity contribution in [3.05, 3.63) is 0 Å². The van der Waals surface area contributed by atoms with Gasteiger partial charge in [0.1, 0.15) is 5.78 Å². The van der Waals surface area contributed by atoms with Gasteiger partial charge in [0, 0.05) is 31.6 Å². The van der Waals surface area contributed by atoms with Crippen molar-refractivity contribution in [3.63, 3.8) is 0 Å². The molecule has 0 heterocycles. The summed E-state index contributed by atoms with van der Waals surface area (Å²) in [5.74, 6) is -6.52. The maximum atomic E-state index is 13.9. The largest absolute Gasteiger partial charge is 0.481 e. The molecule has 27 heavy (non-hydrogen) atoms. The minimum Gasteiger partial charge on any atom is -0.481 e. The summed E-state index contributed by atoms with van der Waals surface area (Å²) >= 11 is 0. The highest BCUT2D eigenvalue weighted by Crippen LogP contribution is 2.37. The molecule has 156 valence electrons. The van der Waals surface area contributed by atoms with Gasteiger partial charge in [0.2, 0.25) is 5.78 Å². The number of hydrogen-bond donors (Lipinski definition) is 2. The summed E-state index contributed by atoms with van der Waals surface area (Å²) < 4.78 is 27.7. The van der Waals surface area contributed by atoms with Crippen molar-refractivity contribution in [1.82, 2.24) is 0 Å². The molecule has 7 heteroatoms. The van der Waals surface area contributed by atoms with Crippen LogP contribution in [0.1, 0.15) is 78.1 Å². The van der Waals surface area contributed by atoms with Crippen LogP contribution in [0.3, 0.4) is 0 Å². The third kappa shape index (κ3) is 8.03. The first kappa shape index (κ1) is 23.7. The van der Waals surface area contributed by atoms with Crippen LogP contribution in [0.25, 0.3) is 0 Å². The Balaban J connectivity index is 2.48. The normalized spacial score (nSPS) is 23.2. The lowest BCUT2D eigenvalue weighted by atomic mass is 9.84. The number of aliphatic carboxylic acids is 1. The quantitative estimate of drug-likeness (QED) is 0.464. The smallest absolute Gasteiger partial charge is 0.305 e. The van der Waals surface area contributed by atoms with Gasteiger partial charge in [0.25, 0.3) is 0 Å². The van der Waals surface area contributed by atoms with Crippen molar-refractivity contribution in [2.24, 2.45) is 17.8 Å². The van der Waals surface area contributed by atoms with Gasteiger partial charge in [-0.15, -0.1) is 0 Å². The average Bonchev–Trinajstić information content (AvgIpc) is 2.80. The summed E-state index contributed by atoms with van der Waals surface area (Å²) in [6.45, 7) is 3.26. The molecule has 1 saturated carbocycles. The molecule has 1 aliphatic carbocycles. The SMILES string of the molecule is CC(C)CC(F)(F)C(=O)CC[C@H]1[C@H](O)CC(=O)[C@@H]1CCCCCCC(=O)O. The maximum absolute atomic E-state index is 13.9. The molecular weight excluding hydrogens is 358 g/mol. The fraction of sp³-hybridized carbons (Fsp3) is 0.850. The molecule has 0 unspecified atom stereocenters. The Labute approximate surface area is 159 Å². The zero-order valence-corrected chi connectivity index (χ0v) is 16.3. The van der Waals surface area contributed by atoms with Crippen LogP contribution >= 0.6 is 0 Å². The van der Waals surface area contributed by atoms with E-state index in [1.807, 2.05) is 0 Å². The lowest BCUT2D eigenvalue weighted by Gasteiger charge is -2.22. The van der Waals surface area contributed by atoms with Gasteiger partial charge in [-0.3, -0.25) is 14.4 Å². The number of carbonyl (C=O) groups is 3. The van der Waals surface area contributed by atoms with Gasteiger partial charge in [-0.1, -0.05) is 33.1 Å². The molecule has 0 bridgehead atoms. The Hall–Kier alpha value is -1.37. The molecule has 0 radical (unpaired) electrons. The second-order valence-electron chi connectivity index (χ2n) is 8.12. The Morgan fingerprint density at radius 3 is 2.33 bits per heavy atom. The first-order valence-electron chi connectivity index (χ1n) is 9.88. The molecule has 5 nitrogen and oxygen atoms in total. The topological polar surface area (TPSA) is 91.7 Å². The highest BCUT2D eigenvalue weighted by atomic mass is 19.3. The number of alkyl halides is 2. The van der Waals surface area contributed by atoms with Crippen LogP contribution in [0.4, 0.5) is 8.78 Å². The number of carboxylic acids is 1. The lowest BCUT2D eigenvalue weighted by molar-refractivity contribution is -0.145. The molecule has 3 atom stereocenters. The molecule has 0 aliphatic heterocycles. The van der Waals surface area contributed by atoms with Crippen LogP contribution < -0.4 is 0 Å². The molecule has 0 aromatic rings. The molecule has 0 aromatic heterocycles. The predicted octanol–water partition coefficient (Wildman–Crippen LogP) is 4.01. The number of aliphatic hydroxyl groups is 1. The Morgan fingerprint density at radius 1 is 1.11 bits per heavy atom. The molecule has 0 aromatic carbocycles. The van der Waals surface area contributed by atoms with Crippen molar-refractivity contribution in [2.45, 2.75) is 90.1 Å². The van der Waals surface area contributed by atoms with E-state index in [0.717, 1.165) is 19.3 Å². The van der Waals surface area contributed by atoms with Gasteiger partial charge >= 0.3 is 11.9 Å². The predicted molar refractivity (Wildman–Crippen MR) is 96.6 cm³/mol. The van der Waals surface area contributed by atoms with Gasteiger partial charge < -0.3 is 10.2 Å². The summed E-state index contributed by atoms with van der Waals surface area (Å²) in [6.07, 6.45) is 1.93. The van der Waals surface area contributed by atoms with E-state index in [0.29, 0.717) is 12.8 Å². The van der Waals surface area contributed by atoms with Crippen molar-refractivity contribution in [3.8, 4) is 0 Å². The maximum Gasteiger partial charge on any atom is 0.305 e. The number of hydrogen-bond acceptors (Lipinski definition) is 4. The van der Waals surface area contributed by atoms with Crippen LogP contribution in [0.2, 0.25) is 0 Å². The summed E-state index contributed by atoms with van der Waals surface area (Å²) in [6, 6.07) is 0. The first-order chi connectivity index (χ1) is 12.5. The van der Waals surface area contributed by atoms with Gasteiger partial charge in [-0.2, -0.15) is 8.78 Å². The lowest BCUT2D eigenvalue weighted by Crippen LogP contribution is -2.31. The minimum atomic E-state index is -3.36. The third-order valence-corrected chi connectivity index (χ3v) is 5.27. The Morgan fingerprint density at radius 2 is 1.74 bits per heavy atom. The van der Waals surface area contributed by atoms with Crippen molar-refractivity contribution < 1.29 is 33.4 Å². The van der Waals surface area contributed by atoms with E-state index in [1.165, 1.54) is 0 Å². The van der Waals surface area contributed by atoms with Crippen molar-refractivity contribution in [2.75, 3.05) is 0 Å². The van der Waals surface area contributed by atoms with Crippen LogP contribution in [0.5, 0.6) is 0 Å². The van der Waals surface area contributed by atoms with E-state index in [-0.39, 0.29) is 37.4 Å². The molecule has 1 rings (SSSR count). The molecule has 1 fully saturated rings. The summed E-state index contributed by atoms with van der Waals surface area (Å²) in [4.78, 5) is 34.5. The van der Waals surface area contributed by atoms with Crippen molar-refractivity contribution >= 4 is 17.5 Å². The van der Waals surface area contributed by atoms with E-state index < -0.39 is 42.0 Å². The highest BCUT2D eigenvalue weighted by Gasteiger charge is 2.43. The number of unbranched alkanes of at least 4 members (excludes halogenated alkanes) is 3. The monoisotopic (exact) mass is 390 g/mol.